The lowest BCUT2D eigenvalue weighted by Crippen LogP contribution is -2.40. The molecule has 1 fully saturated rings. The van der Waals surface area contributed by atoms with Gasteiger partial charge in [-0.3, -0.25) is 0 Å². The summed E-state index contributed by atoms with van der Waals surface area (Å²) in [6, 6.07) is 6.56. The Morgan fingerprint density at radius 3 is 2.47 bits per heavy atom. The molecule has 2 N–H and O–H groups in total. The molecule has 2 unspecified atom stereocenters. The number of hydrogen-bond acceptors (Lipinski definition) is 5. The minimum Gasteiger partial charge on any atom is -0.444 e. The quantitative estimate of drug-likeness (QED) is 0.675. The van der Waals surface area contributed by atoms with Crippen LogP contribution >= 0.6 is 0 Å². The second-order valence-electron chi connectivity index (χ2n) is 10.9. The van der Waals surface area contributed by atoms with Crippen molar-refractivity contribution in [2.75, 3.05) is 18.4 Å². The lowest BCUT2D eigenvalue weighted by molar-refractivity contribution is 0.0223. The van der Waals surface area contributed by atoms with Crippen LogP contribution in [0.4, 0.5) is 15.3 Å². The van der Waals surface area contributed by atoms with E-state index in [9.17, 15) is 9.59 Å². The van der Waals surface area contributed by atoms with Gasteiger partial charge in [-0.05, 0) is 83.9 Å². The molecule has 2 amide bonds. The molecule has 1 aliphatic heterocycles. The number of ether oxygens (including phenoxy) is 2. The molecule has 3 rings (SSSR count). The lowest BCUT2D eigenvalue weighted by atomic mass is 9.96. The van der Waals surface area contributed by atoms with E-state index in [4.69, 9.17) is 9.47 Å². The van der Waals surface area contributed by atoms with Gasteiger partial charge in [0.15, 0.2) is 0 Å². The average molecular weight is 446 g/mol. The van der Waals surface area contributed by atoms with Crippen LogP contribution in [0, 0.1) is 5.92 Å². The monoisotopic (exact) mass is 445 g/mol. The molecule has 178 valence electrons. The molecule has 1 heterocycles. The zero-order valence-corrected chi connectivity index (χ0v) is 20.4. The van der Waals surface area contributed by atoms with Gasteiger partial charge in [0.1, 0.15) is 11.2 Å². The molecular weight excluding hydrogens is 406 g/mol. The number of carbonyl (C=O) groups is 2. The summed E-state index contributed by atoms with van der Waals surface area (Å²) in [6.07, 6.45) is 3.47. The summed E-state index contributed by atoms with van der Waals surface area (Å²) < 4.78 is 10.9. The van der Waals surface area contributed by atoms with Gasteiger partial charge in [-0.15, -0.1) is 0 Å². The Kier molecular flexibility index (Phi) is 7.25. The molecule has 2 atom stereocenters. The minimum absolute atomic E-state index is 0.259. The summed E-state index contributed by atoms with van der Waals surface area (Å²) >= 11 is 0. The van der Waals surface area contributed by atoms with Crippen LogP contribution in [-0.2, 0) is 22.4 Å². The summed E-state index contributed by atoms with van der Waals surface area (Å²) in [7, 11) is 0. The van der Waals surface area contributed by atoms with Gasteiger partial charge < -0.3 is 25.0 Å². The standard InChI is InChI=1S/C25H39N3O4/c1-24(2,3)31-22(29)26-15-17-9-7-11-20(17)27-21-12-8-10-18-16-28(14-13-19(18)21)23(30)32-25(4,5)6/h8,10,12,17,20,27H,7,9,11,13-16H2,1-6H3,(H,26,29). The molecular formula is C25H39N3O4. The van der Waals surface area contributed by atoms with Crippen molar-refractivity contribution in [2.24, 2.45) is 5.92 Å². The number of fused-ring (bicyclic) bond motifs is 1. The van der Waals surface area contributed by atoms with E-state index in [1.165, 1.54) is 5.56 Å². The van der Waals surface area contributed by atoms with E-state index in [-0.39, 0.29) is 12.2 Å². The predicted molar refractivity (Wildman–Crippen MR) is 126 cm³/mol. The van der Waals surface area contributed by atoms with Gasteiger partial charge in [0.2, 0.25) is 0 Å². The Bertz CT molecular complexity index is 825. The van der Waals surface area contributed by atoms with E-state index in [0.29, 0.717) is 31.6 Å². The van der Waals surface area contributed by atoms with Crippen LogP contribution in [0.3, 0.4) is 0 Å². The van der Waals surface area contributed by atoms with Crippen molar-refractivity contribution in [1.29, 1.82) is 0 Å². The molecule has 7 heteroatoms. The van der Waals surface area contributed by atoms with E-state index >= 15 is 0 Å². The van der Waals surface area contributed by atoms with Crippen LogP contribution in [0.15, 0.2) is 18.2 Å². The molecule has 7 nitrogen and oxygen atoms in total. The maximum atomic E-state index is 12.5. The zero-order chi connectivity index (χ0) is 23.5. The lowest BCUT2D eigenvalue weighted by Gasteiger charge is -2.33. The Morgan fingerprint density at radius 1 is 1.06 bits per heavy atom. The fourth-order valence-electron chi connectivity index (χ4n) is 4.43. The van der Waals surface area contributed by atoms with Crippen molar-refractivity contribution in [1.82, 2.24) is 10.2 Å². The van der Waals surface area contributed by atoms with E-state index in [1.807, 2.05) is 47.6 Å². The molecule has 1 aromatic rings. The number of rotatable bonds is 4. The normalized spacial score (nSPS) is 21.0. The number of carbonyl (C=O) groups excluding carboxylic acids is 2. The number of hydrogen-bond donors (Lipinski definition) is 2. The van der Waals surface area contributed by atoms with Crippen molar-refractivity contribution >= 4 is 17.9 Å². The second-order valence-corrected chi connectivity index (χ2v) is 10.9. The third kappa shape index (κ3) is 6.78. The average Bonchev–Trinajstić information content (AvgIpc) is 3.10. The summed E-state index contributed by atoms with van der Waals surface area (Å²) in [4.78, 5) is 26.3. The first-order chi connectivity index (χ1) is 14.9. The van der Waals surface area contributed by atoms with Gasteiger partial charge in [0.25, 0.3) is 0 Å². The fourth-order valence-corrected chi connectivity index (χ4v) is 4.43. The molecule has 1 saturated carbocycles. The SMILES string of the molecule is CC(C)(C)OC(=O)NCC1CCCC1Nc1cccc2c1CCN(C(=O)OC(C)(C)C)C2. The smallest absolute Gasteiger partial charge is 0.410 e. The van der Waals surface area contributed by atoms with Crippen molar-refractivity contribution in [3.05, 3.63) is 29.3 Å². The number of amides is 2. The molecule has 0 saturated heterocycles. The first-order valence-corrected chi connectivity index (χ1v) is 11.7. The van der Waals surface area contributed by atoms with Gasteiger partial charge in [0, 0.05) is 31.4 Å². The maximum Gasteiger partial charge on any atom is 0.410 e. The van der Waals surface area contributed by atoms with E-state index in [0.717, 1.165) is 36.9 Å². The highest BCUT2D eigenvalue weighted by molar-refractivity contribution is 5.69. The molecule has 32 heavy (non-hydrogen) atoms. The molecule has 1 aliphatic carbocycles. The number of nitrogens with one attached hydrogen (secondary N) is 2. The first-order valence-electron chi connectivity index (χ1n) is 11.7. The highest BCUT2D eigenvalue weighted by Gasteiger charge is 2.31. The largest absolute Gasteiger partial charge is 0.444 e. The maximum absolute atomic E-state index is 12.5. The molecule has 0 bridgehead atoms. The van der Waals surface area contributed by atoms with E-state index in [1.54, 1.807) is 4.90 Å². The fraction of sp³-hybridized carbons (Fsp3) is 0.680. The van der Waals surface area contributed by atoms with Crippen LogP contribution in [0.2, 0.25) is 0 Å². The van der Waals surface area contributed by atoms with Gasteiger partial charge in [0.05, 0.1) is 0 Å². The van der Waals surface area contributed by atoms with E-state index in [2.05, 4.69) is 22.8 Å². The minimum atomic E-state index is -0.494. The highest BCUT2D eigenvalue weighted by Crippen LogP contribution is 2.32. The van der Waals surface area contributed by atoms with Crippen LogP contribution in [0.25, 0.3) is 0 Å². The molecule has 0 spiro atoms. The van der Waals surface area contributed by atoms with Gasteiger partial charge in [-0.1, -0.05) is 18.6 Å². The molecule has 2 aliphatic rings. The third-order valence-corrected chi connectivity index (χ3v) is 5.83. The van der Waals surface area contributed by atoms with Crippen molar-refractivity contribution < 1.29 is 19.1 Å². The highest BCUT2D eigenvalue weighted by atomic mass is 16.6. The Morgan fingerprint density at radius 2 is 1.78 bits per heavy atom. The predicted octanol–water partition coefficient (Wildman–Crippen LogP) is 5.09. The topological polar surface area (TPSA) is 79.9 Å². The number of alkyl carbamates (subject to hydrolysis) is 1. The summed E-state index contributed by atoms with van der Waals surface area (Å²) in [6.45, 7) is 13.1. The van der Waals surface area contributed by atoms with Crippen LogP contribution in [0.1, 0.15) is 71.9 Å². The summed E-state index contributed by atoms with van der Waals surface area (Å²) in [5.74, 6) is 0.361. The summed E-state index contributed by atoms with van der Waals surface area (Å²) in [5.41, 5.74) is 2.59. The Hall–Kier alpha value is -2.44. The van der Waals surface area contributed by atoms with E-state index < -0.39 is 11.2 Å². The van der Waals surface area contributed by atoms with Crippen LogP contribution in [0.5, 0.6) is 0 Å². The van der Waals surface area contributed by atoms with Crippen molar-refractivity contribution in [3.8, 4) is 0 Å². The Balaban J connectivity index is 1.61. The van der Waals surface area contributed by atoms with Gasteiger partial charge in [-0.25, -0.2) is 9.59 Å². The zero-order valence-electron chi connectivity index (χ0n) is 20.4. The van der Waals surface area contributed by atoms with Gasteiger partial charge >= 0.3 is 12.2 Å². The van der Waals surface area contributed by atoms with Crippen molar-refractivity contribution in [2.45, 2.75) is 91.0 Å². The molecule has 0 radical (unpaired) electrons. The molecule has 1 aromatic carbocycles. The third-order valence-electron chi connectivity index (χ3n) is 5.83. The second kappa shape index (κ2) is 9.59. The van der Waals surface area contributed by atoms with Crippen LogP contribution < -0.4 is 10.6 Å². The van der Waals surface area contributed by atoms with Gasteiger partial charge in [-0.2, -0.15) is 0 Å². The summed E-state index contributed by atoms with van der Waals surface area (Å²) in [5, 5.41) is 6.68. The first kappa shape index (κ1) is 24.2. The van der Waals surface area contributed by atoms with Crippen molar-refractivity contribution in [3.63, 3.8) is 0 Å². The number of benzene rings is 1. The molecule has 0 aromatic heterocycles. The number of anilines is 1. The number of nitrogens with zero attached hydrogens (tertiary/aromatic N) is 1. The van der Waals surface area contributed by atoms with Crippen LogP contribution in [-0.4, -0.2) is 47.4 Å². The Labute approximate surface area is 192 Å².